The molecule has 62 heavy (non-hydrogen) atoms. The van der Waals surface area contributed by atoms with Crippen LogP contribution >= 0.6 is 15.9 Å². The monoisotopic (exact) mass is 916 g/mol. The zero-order valence-electron chi connectivity index (χ0n) is 35.6. The molecule has 1 fully saturated rings. The first kappa shape index (κ1) is 49.1. The minimum Gasteiger partial charge on any atom is -0.296 e. The molecule has 1 aliphatic rings. The fraction of sp³-hybridized carbons (Fsp3) is 0.362. The van der Waals surface area contributed by atoms with Crippen molar-refractivity contribution in [2.75, 3.05) is 31.5 Å². The van der Waals surface area contributed by atoms with Crippen LogP contribution in [-0.2, 0) is 0 Å². The van der Waals surface area contributed by atoms with Gasteiger partial charge in [-0.15, -0.1) is 0 Å². The molecular formula is C47H56BrF3N8O3. The lowest BCUT2D eigenvalue weighted by Crippen LogP contribution is -2.40. The summed E-state index contributed by atoms with van der Waals surface area (Å²) in [5, 5.41) is 13.0. The standard InChI is InChI=1S/C18H24FN3O.C16H18FN3O.C12H10BrFN2O.CH4/c1-12(2)21(13(3)4)11-18(23)17-10-20-22(14(17)5)16-8-6-15(19)7-9-16;1-12-15(16(21)11-19-8-2-3-9-19)10-18-20(12)14-6-4-13(17)5-7-14;1-8-11(12(17)6-13)7-15-16(8)10-4-2-9(14)3-5-10;/h6-10,12-13H,11H2,1-5H3;4-7,10H,2-3,8-9,11H2,1H3;2-5,7H,6H2,1H3;1H4. The van der Waals surface area contributed by atoms with Gasteiger partial charge in [0, 0.05) is 12.1 Å². The topological polar surface area (TPSA) is 111 Å². The Morgan fingerprint density at radius 3 is 1.23 bits per heavy atom. The quantitative estimate of drug-likeness (QED) is 0.0833. The molecule has 11 nitrogen and oxygen atoms in total. The first-order valence-corrected chi connectivity index (χ1v) is 21.3. The molecule has 0 unspecified atom stereocenters. The molecular weight excluding hydrogens is 861 g/mol. The second kappa shape index (κ2) is 22.5. The van der Waals surface area contributed by atoms with Gasteiger partial charge in [-0.05, 0) is 147 Å². The fourth-order valence-electron chi connectivity index (χ4n) is 7.09. The minimum atomic E-state index is -0.296. The van der Waals surface area contributed by atoms with Crippen LogP contribution in [0.5, 0.6) is 0 Å². The number of halogens is 4. The van der Waals surface area contributed by atoms with Crippen molar-refractivity contribution in [2.45, 2.75) is 80.8 Å². The Balaban J connectivity index is 0.000000205. The van der Waals surface area contributed by atoms with Crippen molar-refractivity contribution in [1.29, 1.82) is 0 Å². The average Bonchev–Trinajstić information content (AvgIpc) is 4.06. The number of nitrogens with zero attached hydrogens (tertiary/aromatic N) is 8. The van der Waals surface area contributed by atoms with Gasteiger partial charge in [-0.2, -0.15) is 15.3 Å². The Bertz CT molecular complexity index is 2390. The summed E-state index contributed by atoms with van der Waals surface area (Å²) in [6.07, 6.45) is 7.07. The highest BCUT2D eigenvalue weighted by Crippen LogP contribution is 2.19. The Morgan fingerprint density at radius 2 is 0.903 bits per heavy atom. The van der Waals surface area contributed by atoms with Crippen LogP contribution in [0.15, 0.2) is 91.4 Å². The second-order valence-corrected chi connectivity index (χ2v) is 15.9. The van der Waals surface area contributed by atoms with Gasteiger partial charge in [0.05, 0.1) is 87.8 Å². The third kappa shape index (κ3) is 12.3. The van der Waals surface area contributed by atoms with Crippen LogP contribution in [0.4, 0.5) is 13.2 Å². The summed E-state index contributed by atoms with van der Waals surface area (Å²) < 4.78 is 43.8. The molecule has 1 saturated heterocycles. The van der Waals surface area contributed by atoms with Crippen LogP contribution in [-0.4, -0.2) is 100 Å². The van der Waals surface area contributed by atoms with E-state index in [1.165, 1.54) is 55.4 Å². The zero-order chi connectivity index (χ0) is 44.4. The SMILES string of the molecule is C.Cc1c(C(=O)CBr)cnn1-c1ccc(F)cc1.Cc1c(C(=O)CN(C(C)C)C(C)C)cnn1-c1ccc(F)cc1.Cc1c(C(=O)CN2CCCC2)cnn1-c1ccc(F)cc1. The molecule has 0 N–H and O–H groups in total. The number of aromatic nitrogens is 6. The molecule has 4 heterocycles. The van der Waals surface area contributed by atoms with Gasteiger partial charge in [0.25, 0.3) is 0 Å². The molecule has 0 aliphatic carbocycles. The van der Waals surface area contributed by atoms with Crippen molar-refractivity contribution >= 4 is 33.3 Å². The molecule has 7 rings (SSSR count). The van der Waals surface area contributed by atoms with Crippen molar-refractivity contribution in [2.24, 2.45) is 0 Å². The normalized spacial score (nSPS) is 12.5. The third-order valence-corrected chi connectivity index (χ3v) is 11.0. The number of ketones is 3. The van der Waals surface area contributed by atoms with E-state index in [9.17, 15) is 27.6 Å². The number of likely N-dealkylation sites (tertiary alicyclic amines) is 1. The lowest BCUT2D eigenvalue weighted by atomic mass is 10.1. The molecule has 6 aromatic rings. The van der Waals surface area contributed by atoms with Crippen LogP contribution in [0.2, 0.25) is 0 Å². The smallest absolute Gasteiger partial charge is 0.180 e. The molecule has 0 bridgehead atoms. The number of hydrogen-bond acceptors (Lipinski definition) is 8. The molecule has 330 valence electrons. The van der Waals surface area contributed by atoms with Crippen molar-refractivity contribution in [1.82, 2.24) is 39.1 Å². The summed E-state index contributed by atoms with van der Waals surface area (Å²) in [6.45, 7) is 16.7. The van der Waals surface area contributed by atoms with Crippen molar-refractivity contribution in [3.05, 3.63) is 143 Å². The summed E-state index contributed by atoms with van der Waals surface area (Å²) in [5.74, 6) is -0.736. The van der Waals surface area contributed by atoms with Crippen LogP contribution in [0.25, 0.3) is 17.1 Å². The van der Waals surface area contributed by atoms with E-state index in [-0.39, 0.29) is 47.6 Å². The molecule has 0 atom stereocenters. The lowest BCUT2D eigenvalue weighted by molar-refractivity contribution is 0.0865. The van der Waals surface area contributed by atoms with E-state index < -0.39 is 0 Å². The second-order valence-electron chi connectivity index (χ2n) is 15.3. The third-order valence-electron chi connectivity index (χ3n) is 10.5. The van der Waals surface area contributed by atoms with Gasteiger partial charge in [-0.3, -0.25) is 24.2 Å². The zero-order valence-corrected chi connectivity index (χ0v) is 37.2. The van der Waals surface area contributed by atoms with Crippen molar-refractivity contribution < 1.29 is 27.6 Å². The molecule has 15 heteroatoms. The summed E-state index contributed by atoms with van der Waals surface area (Å²) in [7, 11) is 0. The minimum absolute atomic E-state index is 0. The number of rotatable bonds is 13. The molecule has 0 radical (unpaired) electrons. The summed E-state index contributed by atoms with van der Waals surface area (Å²) >= 11 is 3.12. The molecule has 0 amide bonds. The lowest BCUT2D eigenvalue weighted by Gasteiger charge is -2.29. The van der Waals surface area contributed by atoms with Gasteiger partial charge < -0.3 is 0 Å². The maximum atomic E-state index is 13.0. The highest BCUT2D eigenvalue weighted by Gasteiger charge is 2.23. The Kier molecular flexibility index (Phi) is 17.9. The van der Waals surface area contributed by atoms with E-state index in [1.54, 1.807) is 62.8 Å². The van der Waals surface area contributed by atoms with Crippen LogP contribution in [0, 0.1) is 38.2 Å². The van der Waals surface area contributed by atoms with Crippen LogP contribution in [0.3, 0.4) is 0 Å². The summed E-state index contributed by atoms with van der Waals surface area (Å²) in [5.41, 5.74) is 6.39. The van der Waals surface area contributed by atoms with E-state index in [1.807, 2.05) is 20.8 Å². The average molecular weight is 918 g/mol. The van der Waals surface area contributed by atoms with E-state index in [4.69, 9.17) is 0 Å². The van der Waals surface area contributed by atoms with E-state index in [0.717, 1.165) is 47.2 Å². The molecule has 3 aromatic heterocycles. The number of hydrogen-bond donors (Lipinski definition) is 0. The van der Waals surface area contributed by atoms with Crippen LogP contribution < -0.4 is 0 Å². The van der Waals surface area contributed by atoms with E-state index in [0.29, 0.717) is 41.9 Å². The summed E-state index contributed by atoms with van der Waals surface area (Å²) in [4.78, 5) is 40.9. The molecule has 3 aromatic carbocycles. The van der Waals surface area contributed by atoms with Gasteiger partial charge in [0.2, 0.25) is 0 Å². The number of carbonyl (C=O) groups is 3. The molecule has 1 aliphatic heterocycles. The first-order valence-electron chi connectivity index (χ1n) is 20.1. The number of benzene rings is 3. The van der Waals surface area contributed by atoms with E-state index in [2.05, 4.69) is 68.7 Å². The predicted octanol–water partition coefficient (Wildman–Crippen LogP) is 9.75. The molecule has 0 saturated carbocycles. The van der Waals surface area contributed by atoms with Gasteiger partial charge in [0.15, 0.2) is 17.3 Å². The summed E-state index contributed by atoms with van der Waals surface area (Å²) in [6, 6.07) is 18.7. The number of carbonyl (C=O) groups excluding carboxylic acids is 3. The van der Waals surface area contributed by atoms with E-state index >= 15 is 0 Å². The highest BCUT2D eigenvalue weighted by atomic mass is 79.9. The largest absolute Gasteiger partial charge is 0.296 e. The number of Topliss-reactive ketones (excluding diaryl/α,β-unsaturated/α-hetero) is 3. The van der Waals surface area contributed by atoms with Gasteiger partial charge in [0.1, 0.15) is 17.5 Å². The number of alkyl halides is 1. The van der Waals surface area contributed by atoms with Gasteiger partial charge >= 0.3 is 0 Å². The maximum absolute atomic E-state index is 13.0. The Hall–Kier alpha value is -5.51. The van der Waals surface area contributed by atoms with Gasteiger partial charge in [-0.1, -0.05) is 23.4 Å². The Labute approximate surface area is 370 Å². The van der Waals surface area contributed by atoms with Crippen molar-refractivity contribution in [3.63, 3.8) is 0 Å². The Morgan fingerprint density at radius 1 is 0.581 bits per heavy atom. The predicted molar refractivity (Wildman–Crippen MR) is 241 cm³/mol. The highest BCUT2D eigenvalue weighted by molar-refractivity contribution is 9.09. The first-order chi connectivity index (χ1) is 29.1. The van der Waals surface area contributed by atoms with Crippen LogP contribution in [0.1, 0.15) is 96.1 Å². The fourth-order valence-corrected chi connectivity index (χ4v) is 7.39. The van der Waals surface area contributed by atoms with Gasteiger partial charge in [-0.25, -0.2) is 27.2 Å². The van der Waals surface area contributed by atoms with Crippen molar-refractivity contribution in [3.8, 4) is 17.1 Å². The maximum Gasteiger partial charge on any atom is 0.180 e. The molecule has 0 spiro atoms.